The molecular formula is C13H27N. The van der Waals surface area contributed by atoms with Gasteiger partial charge in [-0.3, -0.25) is 0 Å². The van der Waals surface area contributed by atoms with E-state index >= 15 is 0 Å². The van der Waals surface area contributed by atoms with Gasteiger partial charge in [-0.15, -0.1) is 0 Å². The summed E-state index contributed by atoms with van der Waals surface area (Å²) in [6.07, 6.45) is 8.68. The summed E-state index contributed by atoms with van der Waals surface area (Å²) < 4.78 is 0. The molecule has 1 N–H and O–H groups in total. The molecule has 1 saturated carbocycles. The van der Waals surface area contributed by atoms with Gasteiger partial charge in [0.1, 0.15) is 0 Å². The van der Waals surface area contributed by atoms with Gasteiger partial charge in [0.2, 0.25) is 0 Å². The van der Waals surface area contributed by atoms with Gasteiger partial charge in [-0.25, -0.2) is 0 Å². The molecule has 0 saturated heterocycles. The Bertz CT molecular complexity index is 136. The van der Waals surface area contributed by atoms with E-state index in [1.54, 1.807) is 0 Å². The monoisotopic (exact) mass is 197 g/mol. The van der Waals surface area contributed by atoms with Crippen LogP contribution in [0.4, 0.5) is 0 Å². The van der Waals surface area contributed by atoms with E-state index in [0.29, 0.717) is 0 Å². The molecular weight excluding hydrogens is 170 g/mol. The summed E-state index contributed by atoms with van der Waals surface area (Å²) in [6.45, 7) is 8.05. The maximum atomic E-state index is 3.68. The molecule has 0 aliphatic heterocycles. The van der Waals surface area contributed by atoms with Crippen LogP contribution in [0, 0.1) is 11.8 Å². The van der Waals surface area contributed by atoms with Crippen LogP contribution < -0.4 is 5.32 Å². The van der Waals surface area contributed by atoms with E-state index in [2.05, 4.69) is 26.1 Å². The van der Waals surface area contributed by atoms with Crippen LogP contribution in [-0.4, -0.2) is 12.6 Å². The Hall–Kier alpha value is -0.0400. The summed E-state index contributed by atoms with van der Waals surface area (Å²) in [5.74, 6) is 1.80. The van der Waals surface area contributed by atoms with E-state index < -0.39 is 0 Å². The lowest BCUT2D eigenvalue weighted by Gasteiger charge is -2.32. The van der Waals surface area contributed by atoms with Gasteiger partial charge in [0.05, 0.1) is 0 Å². The highest BCUT2D eigenvalue weighted by Gasteiger charge is 2.23. The van der Waals surface area contributed by atoms with Crippen molar-refractivity contribution in [1.82, 2.24) is 5.32 Å². The molecule has 84 valence electrons. The molecule has 0 radical (unpaired) electrons. The van der Waals surface area contributed by atoms with Gasteiger partial charge in [0.15, 0.2) is 0 Å². The molecule has 0 amide bonds. The fourth-order valence-corrected chi connectivity index (χ4v) is 2.75. The Morgan fingerprint density at radius 3 is 2.29 bits per heavy atom. The van der Waals surface area contributed by atoms with Crippen molar-refractivity contribution in [2.24, 2.45) is 11.8 Å². The Balaban J connectivity index is 2.38. The molecule has 1 heteroatoms. The highest BCUT2D eigenvalue weighted by atomic mass is 14.9. The highest BCUT2D eigenvalue weighted by Crippen LogP contribution is 2.28. The van der Waals surface area contributed by atoms with Gasteiger partial charge in [-0.1, -0.05) is 40.0 Å². The summed E-state index contributed by atoms with van der Waals surface area (Å²) in [5.41, 5.74) is 0. The first-order valence-corrected chi connectivity index (χ1v) is 6.47. The lowest BCUT2D eigenvalue weighted by Crippen LogP contribution is -2.38. The molecule has 1 aliphatic carbocycles. The van der Waals surface area contributed by atoms with Crippen molar-refractivity contribution >= 4 is 0 Å². The first kappa shape index (κ1) is 12.0. The third kappa shape index (κ3) is 4.00. The zero-order valence-electron chi connectivity index (χ0n) is 10.2. The number of nitrogens with one attached hydrogen (secondary N) is 1. The second-order valence-corrected chi connectivity index (χ2v) is 5.19. The summed E-state index contributed by atoms with van der Waals surface area (Å²) in [5, 5.41) is 3.68. The first-order chi connectivity index (χ1) is 6.74. The minimum absolute atomic E-state index is 0.792. The van der Waals surface area contributed by atoms with Crippen molar-refractivity contribution in [2.45, 2.75) is 65.3 Å². The molecule has 0 spiro atoms. The average Bonchev–Trinajstić information content (AvgIpc) is 2.18. The molecule has 0 aromatic carbocycles. The van der Waals surface area contributed by atoms with Crippen molar-refractivity contribution in [3.8, 4) is 0 Å². The predicted octanol–water partition coefficient (Wildman–Crippen LogP) is 3.59. The molecule has 1 unspecified atom stereocenters. The summed E-state index contributed by atoms with van der Waals surface area (Å²) in [4.78, 5) is 0. The number of hydrogen-bond donors (Lipinski definition) is 1. The van der Waals surface area contributed by atoms with E-state index in [-0.39, 0.29) is 0 Å². The number of rotatable bonds is 5. The standard InChI is InChI=1S/C13H27N/c1-4-14-13(10-11(2)3)12-8-6-5-7-9-12/h11-14H,4-10H2,1-3H3. The molecule has 0 aromatic heterocycles. The second kappa shape index (κ2) is 6.44. The molecule has 1 aliphatic rings. The minimum Gasteiger partial charge on any atom is -0.314 e. The van der Waals surface area contributed by atoms with Crippen LogP contribution in [0.5, 0.6) is 0 Å². The van der Waals surface area contributed by atoms with Crippen LogP contribution in [-0.2, 0) is 0 Å². The number of hydrogen-bond acceptors (Lipinski definition) is 1. The maximum Gasteiger partial charge on any atom is 0.00976 e. The maximum absolute atomic E-state index is 3.68. The molecule has 0 aromatic rings. The lowest BCUT2D eigenvalue weighted by atomic mass is 9.81. The van der Waals surface area contributed by atoms with E-state index in [1.165, 1.54) is 38.5 Å². The highest BCUT2D eigenvalue weighted by molar-refractivity contribution is 4.79. The van der Waals surface area contributed by atoms with Gasteiger partial charge in [0, 0.05) is 6.04 Å². The van der Waals surface area contributed by atoms with Crippen molar-refractivity contribution in [3.05, 3.63) is 0 Å². The smallest absolute Gasteiger partial charge is 0.00976 e. The van der Waals surface area contributed by atoms with Crippen LogP contribution in [0.2, 0.25) is 0 Å². The molecule has 1 nitrogen and oxygen atoms in total. The normalized spacial score (nSPS) is 21.4. The zero-order valence-corrected chi connectivity index (χ0v) is 10.2. The molecule has 0 bridgehead atoms. The van der Waals surface area contributed by atoms with Crippen LogP contribution in [0.25, 0.3) is 0 Å². The van der Waals surface area contributed by atoms with Gasteiger partial charge < -0.3 is 5.32 Å². The topological polar surface area (TPSA) is 12.0 Å². The summed E-state index contributed by atoms with van der Waals surface area (Å²) in [6, 6.07) is 0.792. The van der Waals surface area contributed by atoms with E-state index in [4.69, 9.17) is 0 Å². The van der Waals surface area contributed by atoms with Crippen LogP contribution in [0.3, 0.4) is 0 Å². The van der Waals surface area contributed by atoms with Crippen molar-refractivity contribution in [1.29, 1.82) is 0 Å². The van der Waals surface area contributed by atoms with E-state index in [9.17, 15) is 0 Å². The fraction of sp³-hybridized carbons (Fsp3) is 1.00. The molecule has 0 heterocycles. The Morgan fingerprint density at radius 2 is 1.79 bits per heavy atom. The third-order valence-electron chi connectivity index (χ3n) is 3.41. The molecule has 1 atom stereocenters. The second-order valence-electron chi connectivity index (χ2n) is 5.19. The molecule has 1 rings (SSSR count). The lowest BCUT2D eigenvalue weighted by molar-refractivity contribution is 0.244. The predicted molar refractivity (Wildman–Crippen MR) is 63.5 cm³/mol. The van der Waals surface area contributed by atoms with Crippen LogP contribution in [0.1, 0.15) is 59.3 Å². The van der Waals surface area contributed by atoms with Gasteiger partial charge in [0.25, 0.3) is 0 Å². The van der Waals surface area contributed by atoms with Crippen molar-refractivity contribution in [3.63, 3.8) is 0 Å². The van der Waals surface area contributed by atoms with Crippen LogP contribution >= 0.6 is 0 Å². The zero-order chi connectivity index (χ0) is 10.4. The first-order valence-electron chi connectivity index (χ1n) is 6.47. The van der Waals surface area contributed by atoms with E-state index in [1.807, 2.05) is 0 Å². The Labute approximate surface area is 89.7 Å². The van der Waals surface area contributed by atoms with Crippen molar-refractivity contribution < 1.29 is 0 Å². The SMILES string of the molecule is CCNC(CC(C)C)C1CCCCC1. The molecule has 14 heavy (non-hydrogen) atoms. The van der Waals surface area contributed by atoms with Gasteiger partial charge in [-0.05, 0) is 37.6 Å². The Kier molecular flexibility index (Phi) is 5.54. The van der Waals surface area contributed by atoms with E-state index in [0.717, 1.165) is 24.4 Å². The minimum atomic E-state index is 0.792. The Morgan fingerprint density at radius 1 is 1.14 bits per heavy atom. The quantitative estimate of drug-likeness (QED) is 0.710. The third-order valence-corrected chi connectivity index (χ3v) is 3.41. The largest absolute Gasteiger partial charge is 0.314 e. The fourth-order valence-electron chi connectivity index (χ4n) is 2.75. The summed E-state index contributed by atoms with van der Waals surface area (Å²) in [7, 11) is 0. The van der Waals surface area contributed by atoms with Crippen molar-refractivity contribution in [2.75, 3.05) is 6.54 Å². The van der Waals surface area contributed by atoms with Gasteiger partial charge >= 0.3 is 0 Å². The molecule has 1 fully saturated rings. The average molecular weight is 197 g/mol. The summed E-state index contributed by atoms with van der Waals surface area (Å²) >= 11 is 0. The van der Waals surface area contributed by atoms with Gasteiger partial charge in [-0.2, -0.15) is 0 Å². The van der Waals surface area contributed by atoms with Crippen LogP contribution in [0.15, 0.2) is 0 Å².